The van der Waals surface area contributed by atoms with Crippen molar-refractivity contribution >= 4 is 5.91 Å². The Morgan fingerprint density at radius 2 is 2.23 bits per heavy atom. The average molecular weight is 358 g/mol. The summed E-state index contributed by atoms with van der Waals surface area (Å²) in [4.78, 5) is 16.5. The molecule has 0 aliphatic carbocycles. The molecule has 138 valence electrons. The van der Waals surface area contributed by atoms with Crippen LogP contribution in [0.25, 0.3) is 0 Å². The van der Waals surface area contributed by atoms with Crippen LogP contribution in [0.5, 0.6) is 11.6 Å². The molecular formula is C19H23FN4O2. The molecule has 1 amide bonds. The van der Waals surface area contributed by atoms with Crippen molar-refractivity contribution < 1.29 is 13.9 Å². The second-order valence-electron chi connectivity index (χ2n) is 6.31. The molecule has 2 unspecified atom stereocenters. The summed E-state index contributed by atoms with van der Waals surface area (Å²) in [6, 6.07) is 9.52. The van der Waals surface area contributed by atoms with Crippen LogP contribution < -0.4 is 20.9 Å². The summed E-state index contributed by atoms with van der Waals surface area (Å²) in [5.74, 6) is 0.256. The quantitative estimate of drug-likeness (QED) is 0.710. The Bertz CT molecular complexity index is 756. The van der Waals surface area contributed by atoms with Crippen LogP contribution in [0.2, 0.25) is 0 Å². The third-order valence-electron chi connectivity index (χ3n) is 4.25. The number of benzene rings is 1. The van der Waals surface area contributed by atoms with Gasteiger partial charge in [-0.15, -0.1) is 0 Å². The van der Waals surface area contributed by atoms with Gasteiger partial charge in [0.15, 0.2) is 0 Å². The first kappa shape index (κ1) is 18.3. The number of aromatic nitrogens is 1. The SMILES string of the molecule is CCCC1CC(C(=O)NCc2cccnc2Oc2cccc(F)c2)NN1. The minimum Gasteiger partial charge on any atom is -0.439 e. The Hall–Kier alpha value is -2.51. The molecular weight excluding hydrogens is 335 g/mol. The molecule has 7 heteroatoms. The third-order valence-corrected chi connectivity index (χ3v) is 4.25. The molecule has 1 saturated heterocycles. The summed E-state index contributed by atoms with van der Waals surface area (Å²) in [7, 11) is 0. The molecule has 0 radical (unpaired) electrons. The normalized spacial score (nSPS) is 19.3. The second-order valence-corrected chi connectivity index (χ2v) is 6.31. The molecule has 26 heavy (non-hydrogen) atoms. The van der Waals surface area contributed by atoms with Crippen molar-refractivity contribution in [1.29, 1.82) is 0 Å². The first-order valence-electron chi connectivity index (χ1n) is 8.81. The third kappa shape index (κ3) is 4.77. The lowest BCUT2D eigenvalue weighted by atomic mass is 10.1. The first-order chi connectivity index (χ1) is 12.7. The fourth-order valence-corrected chi connectivity index (χ4v) is 2.93. The fourth-order valence-electron chi connectivity index (χ4n) is 2.93. The number of rotatable bonds is 7. The number of carbonyl (C=O) groups is 1. The summed E-state index contributed by atoms with van der Waals surface area (Å²) < 4.78 is 19.0. The van der Waals surface area contributed by atoms with Crippen LogP contribution in [0.1, 0.15) is 31.7 Å². The van der Waals surface area contributed by atoms with Gasteiger partial charge in [0.1, 0.15) is 17.6 Å². The lowest BCUT2D eigenvalue weighted by Crippen LogP contribution is -2.43. The van der Waals surface area contributed by atoms with Gasteiger partial charge in [0, 0.05) is 30.4 Å². The number of hydrogen-bond donors (Lipinski definition) is 3. The Morgan fingerprint density at radius 3 is 3.04 bits per heavy atom. The summed E-state index contributed by atoms with van der Waals surface area (Å²) in [5, 5.41) is 2.91. The number of nitrogens with one attached hydrogen (secondary N) is 3. The van der Waals surface area contributed by atoms with Crippen LogP contribution in [0.15, 0.2) is 42.6 Å². The van der Waals surface area contributed by atoms with Gasteiger partial charge in [0.2, 0.25) is 11.8 Å². The molecule has 2 heterocycles. The molecule has 1 aromatic heterocycles. The van der Waals surface area contributed by atoms with E-state index in [1.165, 1.54) is 12.1 Å². The molecule has 0 bridgehead atoms. The first-order valence-corrected chi connectivity index (χ1v) is 8.81. The highest BCUT2D eigenvalue weighted by Gasteiger charge is 2.28. The Labute approximate surface area is 152 Å². The van der Waals surface area contributed by atoms with E-state index in [0.717, 1.165) is 24.8 Å². The summed E-state index contributed by atoms with van der Waals surface area (Å²) >= 11 is 0. The van der Waals surface area contributed by atoms with Crippen molar-refractivity contribution in [2.45, 2.75) is 44.8 Å². The van der Waals surface area contributed by atoms with E-state index in [4.69, 9.17) is 4.74 Å². The lowest BCUT2D eigenvalue weighted by molar-refractivity contribution is -0.123. The molecule has 1 fully saturated rings. The highest BCUT2D eigenvalue weighted by molar-refractivity contribution is 5.82. The minimum atomic E-state index is -0.380. The lowest BCUT2D eigenvalue weighted by Gasteiger charge is -2.13. The molecule has 6 nitrogen and oxygen atoms in total. The van der Waals surface area contributed by atoms with Gasteiger partial charge < -0.3 is 10.1 Å². The molecule has 1 aliphatic rings. The maximum absolute atomic E-state index is 13.3. The maximum Gasteiger partial charge on any atom is 0.238 e. The van der Waals surface area contributed by atoms with E-state index in [2.05, 4.69) is 28.1 Å². The molecule has 0 saturated carbocycles. The predicted molar refractivity (Wildman–Crippen MR) is 95.9 cm³/mol. The van der Waals surface area contributed by atoms with Crippen molar-refractivity contribution in [2.75, 3.05) is 0 Å². The smallest absolute Gasteiger partial charge is 0.238 e. The van der Waals surface area contributed by atoms with Crippen LogP contribution in [-0.2, 0) is 11.3 Å². The highest BCUT2D eigenvalue weighted by Crippen LogP contribution is 2.23. The molecule has 1 aromatic carbocycles. The zero-order valence-electron chi connectivity index (χ0n) is 14.7. The van der Waals surface area contributed by atoms with Crippen LogP contribution in [-0.4, -0.2) is 23.0 Å². The van der Waals surface area contributed by atoms with E-state index in [0.29, 0.717) is 17.7 Å². The zero-order chi connectivity index (χ0) is 18.4. The molecule has 3 N–H and O–H groups in total. The molecule has 2 aromatic rings. The fraction of sp³-hybridized carbons (Fsp3) is 0.368. The predicted octanol–water partition coefficient (Wildman–Crippen LogP) is 2.66. The van der Waals surface area contributed by atoms with Gasteiger partial charge >= 0.3 is 0 Å². The van der Waals surface area contributed by atoms with E-state index in [1.807, 2.05) is 6.07 Å². The molecule has 2 atom stereocenters. The van der Waals surface area contributed by atoms with Gasteiger partial charge in [-0.2, -0.15) is 0 Å². The number of halogens is 1. The van der Waals surface area contributed by atoms with Gasteiger partial charge in [0.05, 0.1) is 0 Å². The number of amides is 1. The van der Waals surface area contributed by atoms with Gasteiger partial charge in [-0.1, -0.05) is 25.5 Å². The van der Waals surface area contributed by atoms with E-state index in [9.17, 15) is 9.18 Å². The van der Waals surface area contributed by atoms with E-state index in [1.54, 1.807) is 24.4 Å². The minimum absolute atomic E-state index is 0.0725. The number of carbonyl (C=O) groups excluding carboxylic acids is 1. The number of nitrogens with zero attached hydrogens (tertiary/aromatic N) is 1. The molecule has 0 spiro atoms. The molecule has 1 aliphatic heterocycles. The van der Waals surface area contributed by atoms with E-state index in [-0.39, 0.29) is 24.3 Å². The average Bonchev–Trinajstić information content (AvgIpc) is 3.10. The van der Waals surface area contributed by atoms with Crippen molar-refractivity contribution in [1.82, 2.24) is 21.2 Å². The van der Waals surface area contributed by atoms with Crippen molar-refractivity contribution in [2.24, 2.45) is 0 Å². The van der Waals surface area contributed by atoms with Gasteiger partial charge in [0.25, 0.3) is 0 Å². The van der Waals surface area contributed by atoms with Crippen LogP contribution in [0, 0.1) is 5.82 Å². The van der Waals surface area contributed by atoms with Crippen molar-refractivity contribution in [3.05, 3.63) is 54.0 Å². The Morgan fingerprint density at radius 1 is 1.35 bits per heavy atom. The summed E-state index contributed by atoms with van der Waals surface area (Å²) in [5.41, 5.74) is 6.91. The van der Waals surface area contributed by atoms with E-state index < -0.39 is 0 Å². The number of pyridine rings is 1. The summed E-state index contributed by atoms with van der Waals surface area (Å²) in [6.07, 6.45) is 4.46. The second kappa shape index (κ2) is 8.73. The Kier molecular flexibility index (Phi) is 6.14. The van der Waals surface area contributed by atoms with E-state index >= 15 is 0 Å². The number of hydrogen-bond acceptors (Lipinski definition) is 5. The van der Waals surface area contributed by atoms with Crippen molar-refractivity contribution in [3.63, 3.8) is 0 Å². The summed E-state index contributed by atoms with van der Waals surface area (Å²) in [6.45, 7) is 2.41. The number of hydrazine groups is 1. The van der Waals surface area contributed by atoms with Crippen LogP contribution in [0.4, 0.5) is 4.39 Å². The largest absolute Gasteiger partial charge is 0.439 e. The zero-order valence-corrected chi connectivity index (χ0v) is 14.7. The topological polar surface area (TPSA) is 75.3 Å². The van der Waals surface area contributed by atoms with Gasteiger partial charge in [-0.3, -0.25) is 10.2 Å². The monoisotopic (exact) mass is 358 g/mol. The maximum atomic E-state index is 13.3. The van der Waals surface area contributed by atoms with Gasteiger partial charge in [-0.25, -0.2) is 14.8 Å². The van der Waals surface area contributed by atoms with Gasteiger partial charge in [-0.05, 0) is 31.0 Å². The Balaban J connectivity index is 1.59. The number of ether oxygens (including phenoxy) is 1. The standard InChI is InChI=1S/C19H23FN4O2/c1-2-5-15-11-17(24-23-15)18(25)22-12-13-6-4-9-21-19(13)26-16-8-3-7-14(20)10-16/h3-4,6-10,15,17,23-24H,2,5,11-12H2,1H3,(H,22,25). The van der Waals surface area contributed by atoms with Crippen molar-refractivity contribution in [3.8, 4) is 11.6 Å². The molecule has 3 rings (SSSR count). The van der Waals surface area contributed by atoms with Crippen LogP contribution >= 0.6 is 0 Å². The van der Waals surface area contributed by atoms with Crippen LogP contribution in [0.3, 0.4) is 0 Å². The highest BCUT2D eigenvalue weighted by atomic mass is 19.1.